The number of hydrogen-bond donors (Lipinski definition) is 0. The fourth-order valence-corrected chi connectivity index (χ4v) is 3.20. The summed E-state index contributed by atoms with van der Waals surface area (Å²) in [5.74, 6) is -0.219. The second-order valence-electron chi connectivity index (χ2n) is 6.06. The van der Waals surface area contributed by atoms with Crippen molar-refractivity contribution in [2.75, 3.05) is 11.4 Å². The molecule has 26 heavy (non-hydrogen) atoms. The number of carbonyl (C=O) groups excluding carboxylic acids is 1. The second kappa shape index (κ2) is 6.07. The SMILES string of the molecule is O=C(Cn1cnc2ccc([N+](=O)[O-])cc2c1=O)N1CCc2ccccc21. The third-order valence-electron chi connectivity index (χ3n) is 4.51. The van der Waals surface area contributed by atoms with Crippen molar-refractivity contribution in [3.63, 3.8) is 0 Å². The van der Waals surface area contributed by atoms with Crippen LogP contribution in [0, 0.1) is 10.1 Å². The lowest BCUT2D eigenvalue weighted by atomic mass is 10.2. The lowest BCUT2D eigenvalue weighted by molar-refractivity contribution is -0.384. The molecule has 1 aliphatic rings. The van der Waals surface area contributed by atoms with E-state index in [1.54, 1.807) is 4.90 Å². The molecule has 1 amide bonds. The van der Waals surface area contributed by atoms with Gasteiger partial charge in [0.2, 0.25) is 5.91 Å². The molecular formula is C18H14N4O4. The van der Waals surface area contributed by atoms with Gasteiger partial charge in [-0.2, -0.15) is 0 Å². The maximum atomic E-state index is 12.7. The van der Waals surface area contributed by atoms with E-state index in [2.05, 4.69) is 4.98 Å². The van der Waals surface area contributed by atoms with Crippen LogP contribution in [0.3, 0.4) is 0 Å². The minimum atomic E-state index is -0.567. The number of hydrogen-bond acceptors (Lipinski definition) is 5. The van der Waals surface area contributed by atoms with Gasteiger partial charge >= 0.3 is 0 Å². The van der Waals surface area contributed by atoms with E-state index in [1.165, 1.54) is 29.1 Å². The molecule has 1 aromatic heterocycles. The molecule has 0 saturated carbocycles. The summed E-state index contributed by atoms with van der Waals surface area (Å²) in [5, 5.41) is 11.0. The number of non-ortho nitro benzene ring substituents is 1. The number of nitro groups is 1. The van der Waals surface area contributed by atoms with Gasteiger partial charge in [0.1, 0.15) is 6.54 Å². The molecule has 0 atom stereocenters. The number of carbonyl (C=O) groups is 1. The van der Waals surface area contributed by atoms with Gasteiger partial charge in [-0.25, -0.2) is 4.98 Å². The third-order valence-corrected chi connectivity index (χ3v) is 4.51. The minimum absolute atomic E-state index is 0.122. The Morgan fingerprint density at radius 3 is 2.85 bits per heavy atom. The summed E-state index contributed by atoms with van der Waals surface area (Å²) >= 11 is 0. The molecule has 1 aliphatic heterocycles. The first-order chi connectivity index (χ1) is 12.5. The quantitative estimate of drug-likeness (QED) is 0.531. The Hall–Kier alpha value is -3.55. The number of anilines is 1. The molecule has 0 unspecified atom stereocenters. The van der Waals surface area contributed by atoms with Gasteiger partial charge in [-0.3, -0.25) is 24.3 Å². The van der Waals surface area contributed by atoms with Crippen molar-refractivity contribution in [3.8, 4) is 0 Å². The van der Waals surface area contributed by atoms with Gasteiger partial charge in [-0.1, -0.05) is 18.2 Å². The van der Waals surface area contributed by atoms with E-state index in [1.807, 2.05) is 24.3 Å². The summed E-state index contributed by atoms with van der Waals surface area (Å²) in [6.07, 6.45) is 2.08. The number of para-hydroxylation sites is 1. The van der Waals surface area contributed by atoms with E-state index in [4.69, 9.17) is 0 Å². The lowest BCUT2D eigenvalue weighted by Crippen LogP contribution is -2.35. The third kappa shape index (κ3) is 2.61. The standard InChI is InChI=1S/C18H14N4O4/c23-17(21-8-7-12-3-1-2-4-16(12)21)10-20-11-19-15-6-5-13(22(25)26)9-14(15)18(20)24/h1-6,9,11H,7-8,10H2. The Labute approximate surface area is 147 Å². The number of fused-ring (bicyclic) bond motifs is 2. The highest BCUT2D eigenvalue weighted by molar-refractivity contribution is 5.95. The molecule has 8 heteroatoms. The molecule has 2 heterocycles. The summed E-state index contributed by atoms with van der Waals surface area (Å²) in [6, 6.07) is 11.6. The molecule has 0 saturated heterocycles. The highest BCUT2D eigenvalue weighted by Crippen LogP contribution is 2.27. The van der Waals surface area contributed by atoms with E-state index in [0.29, 0.717) is 12.1 Å². The van der Waals surface area contributed by atoms with Crippen molar-refractivity contribution in [1.29, 1.82) is 0 Å². The minimum Gasteiger partial charge on any atom is -0.310 e. The van der Waals surface area contributed by atoms with Crippen LogP contribution in [0.1, 0.15) is 5.56 Å². The molecule has 0 bridgehead atoms. The zero-order chi connectivity index (χ0) is 18.3. The lowest BCUT2D eigenvalue weighted by Gasteiger charge is -2.18. The van der Waals surface area contributed by atoms with Crippen molar-refractivity contribution in [1.82, 2.24) is 9.55 Å². The molecular weight excluding hydrogens is 336 g/mol. The van der Waals surface area contributed by atoms with Crippen LogP contribution in [-0.4, -0.2) is 26.9 Å². The molecule has 4 rings (SSSR count). The number of nitro benzene ring substituents is 1. The molecule has 0 spiro atoms. The summed E-state index contributed by atoms with van der Waals surface area (Å²) in [5.41, 5.74) is 1.65. The Morgan fingerprint density at radius 2 is 2.04 bits per heavy atom. The average molecular weight is 350 g/mol. The topological polar surface area (TPSA) is 98.3 Å². The van der Waals surface area contributed by atoms with E-state index < -0.39 is 10.5 Å². The van der Waals surface area contributed by atoms with E-state index in [9.17, 15) is 19.7 Å². The van der Waals surface area contributed by atoms with Gasteiger partial charge in [0, 0.05) is 24.4 Å². The number of nitrogens with zero attached hydrogens (tertiary/aromatic N) is 4. The van der Waals surface area contributed by atoms with Gasteiger partial charge in [0.25, 0.3) is 11.2 Å². The van der Waals surface area contributed by atoms with Gasteiger partial charge in [0.05, 0.1) is 22.2 Å². The number of rotatable bonds is 3. The zero-order valence-electron chi connectivity index (χ0n) is 13.7. The molecule has 130 valence electrons. The van der Waals surface area contributed by atoms with Crippen LogP contribution in [0.4, 0.5) is 11.4 Å². The predicted octanol–water partition coefficient (Wildman–Crippen LogP) is 1.89. The van der Waals surface area contributed by atoms with Crippen LogP contribution in [0.25, 0.3) is 10.9 Å². The molecule has 8 nitrogen and oxygen atoms in total. The van der Waals surface area contributed by atoms with Gasteiger partial charge in [-0.05, 0) is 24.1 Å². The molecule has 2 aromatic carbocycles. The van der Waals surface area contributed by atoms with Crippen LogP contribution < -0.4 is 10.5 Å². The Kier molecular flexibility index (Phi) is 3.72. The molecule has 0 aliphatic carbocycles. The van der Waals surface area contributed by atoms with E-state index in [0.717, 1.165) is 17.7 Å². The largest absolute Gasteiger partial charge is 0.310 e. The van der Waals surface area contributed by atoms with Crippen molar-refractivity contribution < 1.29 is 9.72 Å². The predicted molar refractivity (Wildman–Crippen MR) is 95.2 cm³/mol. The number of amides is 1. The second-order valence-corrected chi connectivity index (χ2v) is 6.06. The fraction of sp³-hybridized carbons (Fsp3) is 0.167. The highest BCUT2D eigenvalue weighted by atomic mass is 16.6. The van der Waals surface area contributed by atoms with Crippen molar-refractivity contribution >= 4 is 28.2 Å². The maximum Gasteiger partial charge on any atom is 0.270 e. The Balaban J connectivity index is 1.67. The van der Waals surface area contributed by atoms with Gasteiger partial charge in [0.15, 0.2) is 0 Å². The fourth-order valence-electron chi connectivity index (χ4n) is 3.20. The van der Waals surface area contributed by atoms with Crippen LogP contribution in [0.2, 0.25) is 0 Å². The summed E-state index contributed by atoms with van der Waals surface area (Å²) in [4.78, 5) is 41.4. The smallest absolute Gasteiger partial charge is 0.270 e. The van der Waals surface area contributed by atoms with Crippen LogP contribution >= 0.6 is 0 Å². The Bertz CT molecular complexity index is 1110. The monoisotopic (exact) mass is 350 g/mol. The molecule has 0 fully saturated rings. The first-order valence-electron chi connectivity index (χ1n) is 8.06. The van der Waals surface area contributed by atoms with Crippen molar-refractivity contribution in [2.45, 2.75) is 13.0 Å². The van der Waals surface area contributed by atoms with E-state index >= 15 is 0 Å². The van der Waals surface area contributed by atoms with Crippen molar-refractivity contribution in [2.24, 2.45) is 0 Å². The first kappa shape index (κ1) is 15.9. The summed E-state index contributed by atoms with van der Waals surface area (Å²) < 4.78 is 1.19. The molecule has 0 radical (unpaired) electrons. The Morgan fingerprint density at radius 1 is 1.23 bits per heavy atom. The van der Waals surface area contributed by atoms with E-state index in [-0.39, 0.29) is 23.5 Å². The van der Waals surface area contributed by atoms with Crippen molar-refractivity contribution in [3.05, 3.63) is 74.8 Å². The molecule has 3 aromatic rings. The van der Waals surface area contributed by atoms with Crippen LogP contribution in [0.5, 0.6) is 0 Å². The normalized spacial score (nSPS) is 13.0. The summed E-state index contributed by atoms with van der Waals surface area (Å²) in [7, 11) is 0. The number of benzene rings is 2. The molecule has 0 N–H and O–H groups in total. The van der Waals surface area contributed by atoms with Gasteiger partial charge in [-0.15, -0.1) is 0 Å². The zero-order valence-corrected chi connectivity index (χ0v) is 13.7. The van der Waals surface area contributed by atoms with Crippen LogP contribution in [-0.2, 0) is 17.8 Å². The first-order valence-corrected chi connectivity index (χ1v) is 8.06. The maximum absolute atomic E-state index is 12.7. The summed E-state index contributed by atoms with van der Waals surface area (Å²) in [6.45, 7) is 0.401. The average Bonchev–Trinajstić information content (AvgIpc) is 3.08. The highest BCUT2D eigenvalue weighted by Gasteiger charge is 2.24. The van der Waals surface area contributed by atoms with Crippen LogP contribution in [0.15, 0.2) is 53.6 Å². The number of aromatic nitrogens is 2. The van der Waals surface area contributed by atoms with Gasteiger partial charge < -0.3 is 4.90 Å².